The van der Waals surface area contributed by atoms with Crippen molar-refractivity contribution in [1.82, 2.24) is 4.98 Å². The second-order valence-electron chi connectivity index (χ2n) is 4.89. The zero-order valence-electron chi connectivity index (χ0n) is 13.2. The van der Waals surface area contributed by atoms with Crippen LogP contribution >= 0.6 is 27.3 Å². The van der Waals surface area contributed by atoms with Gasteiger partial charge in [-0.25, -0.2) is 9.98 Å². The summed E-state index contributed by atoms with van der Waals surface area (Å²) >= 11 is 4.94. The first kappa shape index (κ1) is 16.7. The molecule has 0 amide bonds. The first-order chi connectivity index (χ1) is 11.7. The van der Waals surface area contributed by atoms with Crippen molar-refractivity contribution < 1.29 is 9.47 Å². The quantitative estimate of drug-likeness (QED) is 0.540. The maximum Gasteiger partial charge on any atom is 0.209 e. The van der Waals surface area contributed by atoms with E-state index in [0.717, 1.165) is 27.0 Å². The van der Waals surface area contributed by atoms with Crippen LogP contribution in [0.15, 0.2) is 57.3 Å². The summed E-state index contributed by atoms with van der Waals surface area (Å²) in [7, 11) is 3.25. The molecule has 0 radical (unpaired) electrons. The summed E-state index contributed by atoms with van der Waals surface area (Å²) in [6.07, 6.45) is 1.75. The third kappa shape index (κ3) is 3.83. The molecule has 0 saturated carbocycles. The van der Waals surface area contributed by atoms with E-state index in [1.165, 1.54) is 11.3 Å². The predicted molar refractivity (Wildman–Crippen MR) is 102 cm³/mol. The molecule has 0 saturated heterocycles. The number of hydrogen-bond acceptors (Lipinski definition) is 5. The second-order valence-corrected chi connectivity index (χ2v) is 6.64. The number of nitrogens with zero attached hydrogens (tertiary/aromatic N) is 2. The van der Waals surface area contributed by atoms with Crippen molar-refractivity contribution in [1.29, 1.82) is 0 Å². The molecule has 0 aliphatic carbocycles. The molecular formula is C18H15BrN2O2S. The minimum Gasteiger partial charge on any atom is -0.497 e. The number of thiazole rings is 1. The zero-order valence-corrected chi connectivity index (χ0v) is 15.6. The Hall–Kier alpha value is -2.18. The van der Waals surface area contributed by atoms with E-state index in [4.69, 9.17) is 9.47 Å². The summed E-state index contributed by atoms with van der Waals surface area (Å²) in [5, 5.41) is 2.70. The van der Waals surface area contributed by atoms with Gasteiger partial charge in [0.1, 0.15) is 11.5 Å². The Labute approximate surface area is 152 Å². The van der Waals surface area contributed by atoms with Gasteiger partial charge in [-0.1, -0.05) is 28.1 Å². The molecule has 0 bridgehead atoms. The molecule has 4 nitrogen and oxygen atoms in total. The lowest BCUT2D eigenvalue weighted by atomic mass is 10.2. The topological polar surface area (TPSA) is 43.7 Å². The second kappa shape index (κ2) is 7.59. The maximum absolute atomic E-state index is 5.37. The molecule has 1 heterocycles. The first-order valence-electron chi connectivity index (χ1n) is 7.17. The number of hydrogen-bond donors (Lipinski definition) is 0. The molecule has 122 valence electrons. The highest BCUT2D eigenvalue weighted by atomic mass is 79.9. The Morgan fingerprint density at radius 1 is 1.08 bits per heavy atom. The van der Waals surface area contributed by atoms with Gasteiger partial charge in [-0.05, 0) is 24.3 Å². The van der Waals surface area contributed by atoms with Crippen LogP contribution in [0.2, 0.25) is 0 Å². The molecule has 0 aliphatic heterocycles. The van der Waals surface area contributed by atoms with Crippen molar-refractivity contribution in [3.63, 3.8) is 0 Å². The Morgan fingerprint density at radius 3 is 2.58 bits per heavy atom. The van der Waals surface area contributed by atoms with Gasteiger partial charge in [0.25, 0.3) is 0 Å². The van der Waals surface area contributed by atoms with Crippen molar-refractivity contribution in [3.05, 3.63) is 57.9 Å². The molecule has 0 fully saturated rings. The van der Waals surface area contributed by atoms with Gasteiger partial charge in [-0.2, -0.15) is 0 Å². The lowest BCUT2D eigenvalue weighted by molar-refractivity contribution is 0.394. The molecule has 3 rings (SSSR count). The third-order valence-electron chi connectivity index (χ3n) is 3.39. The number of methoxy groups -OCH3 is 2. The SMILES string of the molecule is COc1ccc(C=Nc2nc(-c3ccc(Br)cc3)cs2)c(OC)c1. The molecule has 0 N–H and O–H groups in total. The highest BCUT2D eigenvalue weighted by Crippen LogP contribution is 2.28. The van der Waals surface area contributed by atoms with E-state index in [0.29, 0.717) is 10.9 Å². The van der Waals surface area contributed by atoms with Crippen molar-refractivity contribution >= 4 is 38.6 Å². The fraction of sp³-hybridized carbons (Fsp3) is 0.111. The summed E-state index contributed by atoms with van der Waals surface area (Å²) in [5.41, 5.74) is 2.86. The first-order valence-corrected chi connectivity index (χ1v) is 8.84. The molecule has 2 aromatic carbocycles. The van der Waals surface area contributed by atoms with Gasteiger partial charge in [0.15, 0.2) is 0 Å². The molecule has 3 aromatic rings. The number of aromatic nitrogens is 1. The van der Waals surface area contributed by atoms with Gasteiger partial charge in [0, 0.05) is 33.3 Å². The highest BCUT2D eigenvalue weighted by Gasteiger charge is 2.05. The predicted octanol–water partition coefficient (Wildman–Crippen LogP) is 5.34. The van der Waals surface area contributed by atoms with E-state index < -0.39 is 0 Å². The van der Waals surface area contributed by atoms with Gasteiger partial charge in [-0.15, -0.1) is 11.3 Å². The zero-order chi connectivity index (χ0) is 16.9. The number of rotatable bonds is 5. The Morgan fingerprint density at radius 2 is 1.88 bits per heavy atom. The monoisotopic (exact) mass is 402 g/mol. The number of benzene rings is 2. The van der Waals surface area contributed by atoms with E-state index in [2.05, 4.69) is 25.9 Å². The van der Waals surface area contributed by atoms with Crippen LogP contribution in [0.3, 0.4) is 0 Å². The summed E-state index contributed by atoms with van der Waals surface area (Å²) < 4.78 is 11.6. The van der Waals surface area contributed by atoms with Crippen LogP contribution in [0.25, 0.3) is 11.3 Å². The van der Waals surface area contributed by atoms with E-state index in [1.54, 1.807) is 20.4 Å². The fourth-order valence-electron chi connectivity index (χ4n) is 2.13. The molecule has 6 heteroatoms. The minimum absolute atomic E-state index is 0.700. The van der Waals surface area contributed by atoms with E-state index in [9.17, 15) is 0 Å². The molecule has 0 unspecified atom stereocenters. The van der Waals surface area contributed by atoms with Crippen LogP contribution in [0, 0.1) is 0 Å². The number of aliphatic imine (C=N–C) groups is 1. The summed E-state index contributed by atoms with van der Waals surface area (Å²) in [6, 6.07) is 13.7. The molecule has 24 heavy (non-hydrogen) atoms. The number of ether oxygens (including phenoxy) is 2. The fourth-order valence-corrected chi connectivity index (χ4v) is 3.06. The van der Waals surface area contributed by atoms with E-state index >= 15 is 0 Å². The van der Waals surface area contributed by atoms with Gasteiger partial charge in [0.2, 0.25) is 5.13 Å². The van der Waals surface area contributed by atoms with Crippen molar-refractivity contribution in [2.45, 2.75) is 0 Å². The van der Waals surface area contributed by atoms with Crippen LogP contribution < -0.4 is 9.47 Å². The van der Waals surface area contributed by atoms with Crippen LogP contribution in [0.1, 0.15) is 5.56 Å². The normalized spacial score (nSPS) is 11.0. The lowest BCUT2D eigenvalue weighted by Gasteiger charge is -2.06. The van der Waals surface area contributed by atoms with Crippen molar-refractivity contribution in [3.8, 4) is 22.8 Å². The third-order valence-corrected chi connectivity index (χ3v) is 4.66. The summed E-state index contributed by atoms with van der Waals surface area (Å²) in [6.45, 7) is 0. The Balaban J connectivity index is 1.82. The van der Waals surface area contributed by atoms with E-state index in [-0.39, 0.29) is 0 Å². The van der Waals surface area contributed by atoms with Gasteiger partial charge < -0.3 is 9.47 Å². The largest absolute Gasteiger partial charge is 0.497 e. The molecule has 0 atom stereocenters. The molecule has 0 aliphatic rings. The van der Waals surface area contributed by atoms with Crippen LogP contribution in [0.4, 0.5) is 5.13 Å². The van der Waals surface area contributed by atoms with Gasteiger partial charge in [0.05, 0.1) is 19.9 Å². The van der Waals surface area contributed by atoms with Crippen molar-refractivity contribution in [2.75, 3.05) is 14.2 Å². The summed E-state index contributed by atoms with van der Waals surface area (Å²) in [4.78, 5) is 9.01. The summed E-state index contributed by atoms with van der Waals surface area (Å²) in [5.74, 6) is 1.46. The lowest BCUT2D eigenvalue weighted by Crippen LogP contribution is -1.92. The van der Waals surface area contributed by atoms with Crippen LogP contribution in [-0.4, -0.2) is 25.4 Å². The van der Waals surface area contributed by atoms with Crippen LogP contribution in [-0.2, 0) is 0 Å². The average molecular weight is 403 g/mol. The Kier molecular flexibility index (Phi) is 5.27. The van der Waals surface area contributed by atoms with Gasteiger partial charge >= 0.3 is 0 Å². The standard InChI is InChI=1S/C18H15BrN2O2S/c1-22-15-8-5-13(17(9-15)23-2)10-20-18-21-16(11-24-18)12-3-6-14(19)7-4-12/h3-11H,1-2H3. The van der Waals surface area contributed by atoms with Crippen molar-refractivity contribution in [2.24, 2.45) is 4.99 Å². The highest BCUT2D eigenvalue weighted by molar-refractivity contribution is 9.10. The molecule has 1 aromatic heterocycles. The number of halogens is 1. The van der Waals surface area contributed by atoms with Gasteiger partial charge in [-0.3, -0.25) is 0 Å². The maximum atomic E-state index is 5.37. The molecule has 0 spiro atoms. The average Bonchev–Trinajstić information content (AvgIpc) is 3.09. The molecular weight excluding hydrogens is 388 g/mol. The Bertz CT molecular complexity index is 860. The van der Waals surface area contributed by atoms with Crippen LogP contribution in [0.5, 0.6) is 11.5 Å². The minimum atomic E-state index is 0.700. The smallest absolute Gasteiger partial charge is 0.209 e. The van der Waals surface area contributed by atoms with E-state index in [1.807, 2.05) is 47.8 Å².